The summed E-state index contributed by atoms with van der Waals surface area (Å²) in [4.78, 5) is 2.40. The zero-order valence-electron chi connectivity index (χ0n) is 14.1. The van der Waals surface area contributed by atoms with E-state index in [9.17, 15) is 0 Å². The second-order valence-electron chi connectivity index (χ2n) is 7.70. The van der Waals surface area contributed by atoms with Crippen LogP contribution in [0.25, 0.3) is 0 Å². The van der Waals surface area contributed by atoms with E-state index in [1.54, 1.807) is 0 Å². The standard InChI is InChI=1S/C18H27N3S/c1-5-20-16(22)21(15-9-7-6-8-10-15)19-18(20)12-14(2)11-17(3,4)13-18/h6-10,14,19H,5,11-13H2,1-4H3/t14-,18+/m0/s1. The molecular weight excluding hydrogens is 290 g/mol. The second-order valence-corrected chi connectivity index (χ2v) is 8.06. The minimum absolute atomic E-state index is 0.0388. The molecule has 22 heavy (non-hydrogen) atoms. The highest BCUT2D eigenvalue weighted by molar-refractivity contribution is 7.80. The number of thiocarbonyl (C=S) groups is 1. The quantitative estimate of drug-likeness (QED) is 0.825. The smallest absolute Gasteiger partial charge is 0.192 e. The van der Waals surface area contributed by atoms with Crippen molar-refractivity contribution in [3.63, 3.8) is 0 Å². The molecule has 1 aromatic carbocycles. The molecule has 1 aromatic rings. The number of rotatable bonds is 2. The molecule has 2 fully saturated rings. The number of hydrazine groups is 1. The Balaban J connectivity index is 1.96. The third kappa shape index (κ3) is 2.63. The lowest BCUT2D eigenvalue weighted by Gasteiger charge is -2.49. The predicted molar refractivity (Wildman–Crippen MR) is 96.6 cm³/mol. The van der Waals surface area contributed by atoms with Crippen LogP contribution in [0.1, 0.15) is 47.0 Å². The first-order valence-electron chi connectivity index (χ1n) is 8.31. The maximum absolute atomic E-state index is 5.80. The van der Waals surface area contributed by atoms with Crippen LogP contribution in [0.2, 0.25) is 0 Å². The molecule has 1 saturated carbocycles. The third-order valence-electron chi connectivity index (χ3n) is 4.95. The summed E-state index contributed by atoms with van der Waals surface area (Å²) >= 11 is 5.80. The molecule has 1 saturated heterocycles. The molecule has 2 atom stereocenters. The number of nitrogens with zero attached hydrogens (tertiary/aromatic N) is 2. The van der Waals surface area contributed by atoms with Crippen LogP contribution in [0.5, 0.6) is 0 Å². The van der Waals surface area contributed by atoms with Crippen LogP contribution in [0, 0.1) is 11.3 Å². The zero-order valence-corrected chi connectivity index (χ0v) is 14.9. The predicted octanol–water partition coefficient (Wildman–Crippen LogP) is 4.16. The minimum atomic E-state index is -0.0388. The fourth-order valence-corrected chi connectivity index (χ4v) is 5.08. The van der Waals surface area contributed by atoms with E-state index in [2.05, 4.69) is 67.3 Å². The number of hydrogen-bond donors (Lipinski definition) is 1. The number of benzene rings is 1. The van der Waals surface area contributed by atoms with Crippen molar-refractivity contribution in [3.8, 4) is 0 Å². The first-order valence-corrected chi connectivity index (χ1v) is 8.72. The molecule has 3 rings (SSSR count). The molecule has 1 aliphatic carbocycles. The Bertz CT molecular complexity index is 557. The summed E-state index contributed by atoms with van der Waals surface area (Å²) < 4.78 is 0. The minimum Gasteiger partial charge on any atom is -0.328 e. The maximum Gasteiger partial charge on any atom is 0.192 e. The average molecular weight is 318 g/mol. The highest BCUT2D eigenvalue weighted by Crippen LogP contribution is 2.47. The van der Waals surface area contributed by atoms with Gasteiger partial charge in [-0.25, -0.2) is 10.4 Å². The van der Waals surface area contributed by atoms with Gasteiger partial charge in [0.25, 0.3) is 0 Å². The van der Waals surface area contributed by atoms with Crippen molar-refractivity contribution in [1.29, 1.82) is 0 Å². The Morgan fingerprint density at radius 1 is 1.23 bits per heavy atom. The van der Waals surface area contributed by atoms with Gasteiger partial charge in [-0.15, -0.1) is 0 Å². The van der Waals surface area contributed by atoms with E-state index in [4.69, 9.17) is 12.2 Å². The van der Waals surface area contributed by atoms with Gasteiger partial charge in [-0.05, 0) is 61.9 Å². The lowest BCUT2D eigenvalue weighted by atomic mass is 9.67. The summed E-state index contributed by atoms with van der Waals surface area (Å²) in [6, 6.07) is 10.4. The van der Waals surface area contributed by atoms with Gasteiger partial charge in [-0.3, -0.25) is 0 Å². The molecule has 120 valence electrons. The summed E-state index contributed by atoms with van der Waals surface area (Å²) in [6.07, 6.45) is 3.56. The van der Waals surface area contributed by atoms with Crippen LogP contribution in [0.3, 0.4) is 0 Å². The normalized spacial score (nSPS) is 31.1. The molecule has 1 N–H and O–H groups in total. The third-order valence-corrected chi connectivity index (χ3v) is 5.35. The van der Waals surface area contributed by atoms with Crippen molar-refractivity contribution in [2.45, 2.75) is 52.6 Å². The zero-order chi connectivity index (χ0) is 16.0. The molecule has 3 nitrogen and oxygen atoms in total. The van der Waals surface area contributed by atoms with Gasteiger partial charge in [-0.2, -0.15) is 0 Å². The fraction of sp³-hybridized carbons (Fsp3) is 0.611. The Labute approximate surface area is 139 Å². The summed E-state index contributed by atoms with van der Waals surface area (Å²) in [5.74, 6) is 0.698. The summed E-state index contributed by atoms with van der Waals surface area (Å²) in [7, 11) is 0. The van der Waals surface area contributed by atoms with Crippen LogP contribution in [-0.4, -0.2) is 22.2 Å². The molecule has 1 spiro atoms. The Morgan fingerprint density at radius 2 is 1.91 bits per heavy atom. The molecule has 0 aromatic heterocycles. The van der Waals surface area contributed by atoms with Gasteiger partial charge in [0.05, 0.1) is 5.69 Å². The average Bonchev–Trinajstić information content (AvgIpc) is 2.69. The van der Waals surface area contributed by atoms with E-state index in [-0.39, 0.29) is 5.66 Å². The summed E-state index contributed by atoms with van der Waals surface area (Å²) in [5.41, 5.74) is 5.20. The lowest BCUT2D eigenvalue weighted by Crippen LogP contribution is -2.58. The highest BCUT2D eigenvalue weighted by Gasteiger charge is 2.52. The van der Waals surface area contributed by atoms with Crippen molar-refractivity contribution in [3.05, 3.63) is 30.3 Å². The Morgan fingerprint density at radius 3 is 2.50 bits per heavy atom. The van der Waals surface area contributed by atoms with Gasteiger partial charge in [0.15, 0.2) is 5.11 Å². The van der Waals surface area contributed by atoms with Crippen molar-refractivity contribution in [2.24, 2.45) is 11.3 Å². The van der Waals surface area contributed by atoms with Crippen LogP contribution in [0.15, 0.2) is 30.3 Å². The molecule has 0 amide bonds. The second kappa shape index (κ2) is 5.50. The SMILES string of the molecule is CCN1C(=S)N(c2ccccc2)N[C@]12C[C@@H](C)CC(C)(C)C2. The van der Waals surface area contributed by atoms with E-state index in [1.807, 2.05) is 6.07 Å². The monoisotopic (exact) mass is 317 g/mol. The number of nitrogens with one attached hydrogen (secondary N) is 1. The molecular formula is C18H27N3S. The summed E-state index contributed by atoms with van der Waals surface area (Å²) in [6.45, 7) is 10.3. The molecule has 0 unspecified atom stereocenters. The molecule has 4 heteroatoms. The number of hydrogen-bond acceptors (Lipinski definition) is 2. The van der Waals surface area contributed by atoms with Gasteiger partial charge in [0, 0.05) is 6.54 Å². The van der Waals surface area contributed by atoms with Crippen LogP contribution in [0.4, 0.5) is 5.69 Å². The van der Waals surface area contributed by atoms with Crippen molar-refractivity contribution in [2.75, 3.05) is 11.6 Å². The van der Waals surface area contributed by atoms with E-state index >= 15 is 0 Å². The van der Waals surface area contributed by atoms with E-state index in [0.717, 1.165) is 30.2 Å². The van der Waals surface area contributed by atoms with Crippen LogP contribution >= 0.6 is 12.2 Å². The Hall–Kier alpha value is -1.13. The first-order chi connectivity index (χ1) is 10.4. The van der Waals surface area contributed by atoms with Crippen molar-refractivity contribution in [1.82, 2.24) is 10.3 Å². The van der Waals surface area contributed by atoms with E-state index in [1.165, 1.54) is 6.42 Å². The Kier molecular flexibility index (Phi) is 3.94. The highest BCUT2D eigenvalue weighted by atomic mass is 32.1. The topological polar surface area (TPSA) is 18.5 Å². The van der Waals surface area contributed by atoms with Gasteiger partial charge in [0.1, 0.15) is 5.66 Å². The molecule has 0 radical (unpaired) electrons. The van der Waals surface area contributed by atoms with Gasteiger partial charge in [0.2, 0.25) is 0 Å². The largest absolute Gasteiger partial charge is 0.328 e. The van der Waals surface area contributed by atoms with E-state index < -0.39 is 0 Å². The maximum atomic E-state index is 5.80. The van der Waals surface area contributed by atoms with Crippen molar-refractivity contribution >= 4 is 23.0 Å². The molecule has 2 aliphatic rings. The van der Waals surface area contributed by atoms with Crippen LogP contribution < -0.4 is 10.4 Å². The van der Waals surface area contributed by atoms with Crippen LogP contribution in [-0.2, 0) is 0 Å². The molecule has 1 heterocycles. The fourth-order valence-electron chi connectivity index (χ4n) is 4.63. The van der Waals surface area contributed by atoms with E-state index in [0.29, 0.717) is 11.3 Å². The summed E-state index contributed by atoms with van der Waals surface area (Å²) in [5, 5.41) is 3.01. The molecule has 1 aliphatic heterocycles. The number of anilines is 1. The van der Waals surface area contributed by atoms with Crippen molar-refractivity contribution < 1.29 is 0 Å². The van der Waals surface area contributed by atoms with Gasteiger partial charge >= 0.3 is 0 Å². The van der Waals surface area contributed by atoms with Gasteiger partial charge in [-0.1, -0.05) is 39.0 Å². The van der Waals surface area contributed by atoms with Gasteiger partial charge < -0.3 is 4.90 Å². The number of para-hydroxylation sites is 1. The lowest BCUT2D eigenvalue weighted by molar-refractivity contribution is 0.0183. The first kappa shape index (κ1) is 15.8. The molecule has 0 bridgehead atoms.